The van der Waals surface area contributed by atoms with Gasteiger partial charge in [0.1, 0.15) is 0 Å². The number of nitrogens with one attached hydrogen (secondary N) is 2. The van der Waals surface area contributed by atoms with E-state index in [4.69, 9.17) is 9.47 Å². The fourth-order valence-electron chi connectivity index (χ4n) is 3.68. The molecular weight excluding hydrogens is 404 g/mol. The zero-order valence-corrected chi connectivity index (χ0v) is 18.1. The summed E-state index contributed by atoms with van der Waals surface area (Å²) >= 11 is 0. The molecule has 0 aromatic heterocycles. The van der Waals surface area contributed by atoms with E-state index in [0.717, 1.165) is 48.3 Å². The molecule has 0 saturated heterocycles. The highest BCUT2D eigenvalue weighted by molar-refractivity contribution is 5.95. The van der Waals surface area contributed by atoms with Gasteiger partial charge in [0.15, 0.2) is 0 Å². The van der Waals surface area contributed by atoms with Crippen molar-refractivity contribution in [3.8, 4) is 11.1 Å². The van der Waals surface area contributed by atoms with Gasteiger partial charge in [-0.05, 0) is 59.4 Å². The molecule has 0 fully saturated rings. The minimum absolute atomic E-state index is 0.103. The molecule has 0 aliphatic carbocycles. The number of carbonyl (C=O) groups excluding carboxylic acids is 2. The first-order chi connectivity index (χ1) is 15.7. The lowest BCUT2D eigenvalue weighted by Gasteiger charge is -2.14. The predicted molar refractivity (Wildman–Crippen MR) is 124 cm³/mol. The van der Waals surface area contributed by atoms with Gasteiger partial charge in [-0.15, -0.1) is 0 Å². The molecule has 0 spiro atoms. The monoisotopic (exact) mass is 432 g/mol. The van der Waals surface area contributed by atoms with Crippen molar-refractivity contribution in [1.82, 2.24) is 10.6 Å². The third kappa shape index (κ3) is 5.93. The molecule has 2 amide bonds. The van der Waals surface area contributed by atoms with E-state index in [1.54, 1.807) is 0 Å². The first-order valence-electron chi connectivity index (χ1n) is 11.0. The molecular formula is C26H28N2O4. The van der Waals surface area contributed by atoms with E-state index < -0.39 is 0 Å². The summed E-state index contributed by atoms with van der Waals surface area (Å²) in [4.78, 5) is 24.8. The Labute approximate surface area is 188 Å². The van der Waals surface area contributed by atoms with Crippen LogP contribution in [0.15, 0.2) is 71.8 Å². The summed E-state index contributed by atoms with van der Waals surface area (Å²) in [6.07, 6.45) is 6.04. The molecule has 2 aliphatic heterocycles. The second-order valence-corrected chi connectivity index (χ2v) is 7.93. The number of amides is 2. The van der Waals surface area contributed by atoms with Crippen molar-refractivity contribution in [2.75, 3.05) is 39.5 Å². The van der Waals surface area contributed by atoms with E-state index >= 15 is 0 Å². The highest BCUT2D eigenvalue weighted by Crippen LogP contribution is 2.20. The van der Waals surface area contributed by atoms with Gasteiger partial charge >= 0.3 is 0 Å². The zero-order valence-electron chi connectivity index (χ0n) is 18.1. The molecule has 2 aliphatic rings. The second kappa shape index (κ2) is 10.9. The van der Waals surface area contributed by atoms with E-state index in [2.05, 4.69) is 22.8 Å². The summed E-state index contributed by atoms with van der Waals surface area (Å²) in [5.41, 5.74) is 5.41. The Morgan fingerprint density at radius 1 is 0.656 bits per heavy atom. The highest BCUT2D eigenvalue weighted by Gasteiger charge is 2.11. The van der Waals surface area contributed by atoms with Crippen LogP contribution in [-0.4, -0.2) is 51.3 Å². The number of benzene rings is 2. The molecule has 2 heterocycles. The standard InChI is InChI=1S/C26H28N2O4/c29-25(27-15-19-3-1-13-31-17-19)23-9-5-21(6-10-23)22-7-11-24(12-8-22)26(30)28-16-20-4-2-14-32-18-20/h3-12H,1-2,13-18H2,(H,27,29)(H,28,30). The molecule has 0 atom stereocenters. The maximum atomic E-state index is 12.4. The quantitative estimate of drug-likeness (QED) is 0.657. The molecule has 0 radical (unpaired) electrons. The second-order valence-electron chi connectivity index (χ2n) is 7.93. The van der Waals surface area contributed by atoms with Crippen molar-refractivity contribution >= 4 is 11.8 Å². The third-order valence-electron chi connectivity index (χ3n) is 5.54. The minimum atomic E-state index is -0.103. The molecule has 4 rings (SSSR count). The van der Waals surface area contributed by atoms with Crippen LogP contribution in [0.25, 0.3) is 11.1 Å². The van der Waals surface area contributed by atoms with Gasteiger partial charge < -0.3 is 20.1 Å². The van der Waals surface area contributed by atoms with Crippen LogP contribution in [0.3, 0.4) is 0 Å². The van der Waals surface area contributed by atoms with Crippen LogP contribution in [-0.2, 0) is 9.47 Å². The first kappa shape index (κ1) is 22.0. The Bertz CT molecular complexity index is 924. The van der Waals surface area contributed by atoms with E-state index in [1.165, 1.54) is 0 Å². The Morgan fingerprint density at radius 2 is 1.06 bits per heavy atom. The van der Waals surface area contributed by atoms with E-state index in [-0.39, 0.29) is 11.8 Å². The van der Waals surface area contributed by atoms with Crippen molar-refractivity contribution in [2.45, 2.75) is 12.8 Å². The fraction of sp³-hybridized carbons (Fsp3) is 0.308. The fourth-order valence-corrected chi connectivity index (χ4v) is 3.68. The largest absolute Gasteiger partial charge is 0.377 e. The normalized spacial score (nSPS) is 16.0. The predicted octanol–water partition coefficient (Wildman–Crippen LogP) is 3.51. The number of rotatable bonds is 7. The minimum Gasteiger partial charge on any atom is -0.377 e. The number of carbonyl (C=O) groups is 2. The summed E-state index contributed by atoms with van der Waals surface area (Å²) in [7, 11) is 0. The van der Waals surface area contributed by atoms with Gasteiger partial charge in [0.2, 0.25) is 0 Å². The van der Waals surface area contributed by atoms with E-state index in [9.17, 15) is 9.59 Å². The Morgan fingerprint density at radius 3 is 1.41 bits per heavy atom. The zero-order chi connectivity index (χ0) is 22.2. The van der Waals surface area contributed by atoms with Crippen molar-refractivity contribution in [2.24, 2.45) is 0 Å². The van der Waals surface area contributed by atoms with Crippen LogP contribution >= 0.6 is 0 Å². The summed E-state index contributed by atoms with van der Waals surface area (Å²) < 4.78 is 10.8. The summed E-state index contributed by atoms with van der Waals surface area (Å²) in [6.45, 7) is 3.68. The van der Waals surface area contributed by atoms with E-state index in [0.29, 0.717) is 37.4 Å². The van der Waals surface area contributed by atoms with E-state index in [1.807, 2.05) is 48.5 Å². The van der Waals surface area contributed by atoms with Crippen molar-refractivity contribution in [3.05, 3.63) is 83.0 Å². The van der Waals surface area contributed by atoms with Gasteiger partial charge in [0.05, 0.1) is 26.4 Å². The van der Waals surface area contributed by atoms with Gasteiger partial charge in [-0.1, -0.05) is 36.4 Å². The molecule has 0 bridgehead atoms. The molecule has 6 nitrogen and oxygen atoms in total. The smallest absolute Gasteiger partial charge is 0.251 e. The Kier molecular flexibility index (Phi) is 7.48. The molecule has 0 saturated carbocycles. The Balaban J connectivity index is 1.31. The van der Waals surface area contributed by atoms with Crippen LogP contribution in [0, 0.1) is 0 Å². The average molecular weight is 433 g/mol. The van der Waals surface area contributed by atoms with Gasteiger partial charge in [-0.3, -0.25) is 9.59 Å². The lowest BCUT2D eigenvalue weighted by atomic mass is 10.0. The molecule has 2 aromatic rings. The maximum Gasteiger partial charge on any atom is 0.251 e. The number of ether oxygens (including phenoxy) is 2. The van der Waals surface area contributed by atoms with Crippen molar-refractivity contribution < 1.29 is 19.1 Å². The summed E-state index contributed by atoms with van der Waals surface area (Å²) in [5.74, 6) is -0.206. The maximum absolute atomic E-state index is 12.4. The lowest BCUT2D eigenvalue weighted by Crippen LogP contribution is -2.27. The van der Waals surface area contributed by atoms with Crippen molar-refractivity contribution in [3.63, 3.8) is 0 Å². The third-order valence-corrected chi connectivity index (χ3v) is 5.54. The van der Waals surface area contributed by atoms with Gasteiger partial charge in [0.25, 0.3) is 11.8 Å². The molecule has 0 unspecified atom stereocenters. The lowest BCUT2D eigenvalue weighted by molar-refractivity contribution is 0.0943. The first-order valence-corrected chi connectivity index (χ1v) is 11.0. The highest BCUT2D eigenvalue weighted by atomic mass is 16.5. The van der Waals surface area contributed by atoms with Gasteiger partial charge in [-0.25, -0.2) is 0 Å². The summed E-state index contributed by atoms with van der Waals surface area (Å²) in [5, 5.41) is 5.88. The Hall–Kier alpha value is -3.22. The topological polar surface area (TPSA) is 76.7 Å². The van der Waals surface area contributed by atoms with Crippen molar-refractivity contribution in [1.29, 1.82) is 0 Å². The SMILES string of the molecule is O=C(NCC1=CCCOC1)c1ccc(-c2ccc(C(=O)NCC3=CCCOC3)cc2)cc1. The molecule has 2 N–H and O–H groups in total. The molecule has 32 heavy (non-hydrogen) atoms. The number of hydrogen-bond donors (Lipinski definition) is 2. The number of hydrogen-bond acceptors (Lipinski definition) is 4. The van der Waals surface area contributed by atoms with Crippen LogP contribution in [0.5, 0.6) is 0 Å². The van der Waals surface area contributed by atoms with Crippen LogP contribution in [0.1, 0.15) is 33.6 Å². The summed E-state index contributed by atoms with van der Waals surface area (Å²) in [6, 6.07) is 14.9. The van der Waals surface area contributed by atoms with Gasteiger partial charge in [-0.2, -0.15) is 0 Å². The molecule has 6 heteroatoms. The van der Waals surface area contributed by atoms with Crippen LogP contribution < -0.4 is 10.6 Å². The average Bonchev–Trinajstić information content (AvgIpc) is 2.87. The molecule has 2 aromatic carbocycles. The van der Waals surface area contributed by atoms with Crippen LogP contribution in [0.4, 0.5) is 0 Å². The van der Waals surface area contributed by atoms with Gasteiger partial charge in [0, 0.05) is 24.2 Å². The van der Waals surface area contributed by atoms with Crippen LogP contribution in [0.2, 0.25) is 0 Å². The molecule has 166 valence electrons.